The van der Waals surface area contributed by atoms with Crippen molar-refractivity contribution in [2.45, 2.75) is 0 Å². The Hall–Kier alpha value is -3.41. The zero-order valence-corrected chi connectivity index (χ0v) is 17.0. The van der Waals surface area contributed by atoms with Crippen LogP contribution in [0.3, 0.4) is 0 Å². The van der Waals surface area contributed by atoms with Crippen LogP contribution in [-0.2, 0) is 0 Å². The van der Waals surface area contributed by atoms with E-state index in [4.69, 9.17) is 28.2 Å². The summed E-state index contributed by atoms with van der Waals surface area (Å²) in [5.74, 6) is 0.477. The zero-order chi connectivity index (χ0) is 20.7. The van der Waals surface area contributed by atoms with Crippen molar-refractivity contribution >= 4 is 34.4 Å². The molecule has 0 atom stereocenters. The Labute approximate surface area is 181 Å². The Balaban J connectivity index is 1.85. The highest BCUT2D eigenvalue weighted by molar-refractivity contribution is 6.30. The van der Waals surface area contributed by atoms with Gasteiger partial charge in [-0.05, 0) is 60.7 Å². The van der Waals surface area contributed by atoms with Gasteiger partial charge in [0.05, 0.1) is 5.69 Å². The van der Waals surface area contributed by atoms with Crippen LogP contribution in [0.1, 0.15) is 0 Å². The molecule has 0 unspecified atom stereocenters. The van der Waals surface area contributed by atoms with Crippen LogP contribution in [0, 0.1) is 0 Å². The average Bonchev–Trinajstić information content (AvgIpc) is 3.20. The number of imidazole rings is 1. The van der Waals surface area contributed by atoms with Crippen LogP contribution in [0.15, 0.2) is 90.0 Å². The molecular weight excluding hydrogens is 419 g/mol. The molecule has 0 N–H and O–H groups in total. The van der Waals surface area contributed by atoms with E-state index in [0.717, 1.165) is 11.3 Å². The number of aromatic nitrogens is 4. The van der Waals surface area contributed by atoms with Gasteiger partial charge in [-0.3, -0.25) is 13.9 Å². The lowest BCUT2D eigenvalue weighted by Gasteiger charge is -2.13. The fourth-order valence-electron chi connectivity index (χ4n) is 3.38. The molecule has 0 aliphatic rings. The van der Waals surface area contributed by atoms with Gasteiger partial charge in [0, 0.05) is 21.3 Å². The maximum absolute atomic E-state index is 13.7. The number of hydrogen-bond donors (Lipinski definition) is 0. The molecule has 5 rings (SSSR count). The van der Waals surface area contributed by atoms with E-state index in [1.807, 2.05) is 42.5 Å². The Morgan fingerprint density at radius 2 is 1.37 bits per heavy atom. The third-order valence-corrected chi connectivity index (χ3v) is 5.30. The predicted octanol–water partition coefficient (Wildman–Crippen LogP) is 5.55. The lowest BCUT2D eigenvalue weighted by Crippen LogP contribution is -2.23. The number of nitrogens with zero attached hydrogens (tertiary/aromatic N) is 4. The van der Waals surface area contributed by atoms with Crippen molar-refractivity contribution in [3.05, 3.63) is 106 Å². The first kappa shape index (κ1) is 18.6. The topological polar surface area (TPSA) is 52.7 Å². The van der Waals surface area contributed by atoms with Gasteiger partial charge in [-0.1, -0.05) is 41.4 Å². The molecule has 0 amide bonds. The number of halogens is 2. The van der Waals surface area contributed by atoms with E-state index < -0.39 is 0 Å². The average molecular weight is 433 g/mol. The van der Waals surface area contributed by atoms with Crippen LogP contribution < -0.4 is 5.56 Å². The summed E-state index contributed by atoms with van der Waals surface area (Å²) in [5.41, 5.74) is 2.79. The highest BCUT2D eigenvalue weighted by Crippen LogP contribution is 2.25. The summed E-state index contributed by atoms with van der Waals surface area (Å²) in [4.78, 5) is 22.9. The van der Waals surface area contributed by atoms with Gasteiger partial charge in [0.15, 0.2) is 11.2 Å². The highest BCUT2D eigenvalue weighted by Gasteiger charge is 2.19. The van der Waals surface area contributed by atoms with E-state index in [9.17, 15) is 4.79 Å². The smallest absolute Gasteiger partial charge is 0.285 e. The Morgan fingerprint density at radius 3 is 2.03 bits per heavy atom. The van der Waals surface area contributed by atoms with Crippen molar-refractivity contribution in [1.29, 1.82) is 0 Å². The second-order valence-corrected chi connectivity index (χ2v) is 7.55. The van der Waals surface area contributed by atoms with E-state index in [-0.39, 0.29) is 5.56 Å². The molecule has 0 bridgehead atoms. The monoisotopic (exact) mass is 432 g/mol. The molecule has 0 fully saturated rings. The number of hydrogen-bond acceptors (Lipinski definition) is 3. The third kappa shape index (κ3) is 3.18. The summed E-state index contributed by atoms with van der Waals surface area (Å²) in [6.07, 6.45) is 1.62. The summed E-state index contributed by atoms with van der Waals surface area (Å²) in [7, 11) is 0. The standard InChI is InChI=1S/C23H14Cl2N4O/c24-16-8-6-15(7-9-16)22-27-21-20(28(14-26-21)18-4-2-1-3-5-18)23(30)29(22)19-12-10-17(25)11-13-19/h1-14H. The molecule has 5 aromatic rings. The summed E-state index contributed by atoms with van der Waals surface area (Å²) in [6.45, 7) is 0. The van der Waals surface area contributed by atoms with Gasteiger partial charge in [0.2, 0.25) is 0 Å². The van der Waals surface area contributed by atoms with Crippen molar-refractivity contribution in [3.63, 3.8) is 0 Å². The van der Waals surface area contributed by atoms with Gasteiger partial charge in [0.1, 0.15) is 12.2 Å². The molecule has 0 spiro atoms. The fraction of sp³-hybridized carbons (Fsp3) is 0. The predicted molar refractivity (Wildman–Crippen MR) is 120 cm³/mol. The van der Waals surface area contributed by atoms with Crippen LogP contribution in [0.4, 0.5) is 0 Å². The van der Waals surface area contributed by atoms with Crippen molar-refractivity contribution in [2.24, 2.45) is 0 Å². The molecule has 3 aromatic carbocycles. The molecule has 146 valence electrons. The van der Waals surface area contributed by atoms with Crippen molar-refractivity contribution < 1.29 is 0 Å². The van der Waals surface area contributed by atoms with Crippen LogP contribution in [0.5, 0.6) is 0 Å². The number of benzene rings is 3. The molecule has 0 aliphatic heterocycles. The summed E-state index contributed by atoms with van der Waals surface area (Å²) < 4.78 is 3.33. The van der Waals surface area contributed by atoms with E-state index in [1.165, 1.54) is 0 Å². The first-order valence-corrected chi connectivity index (χ1v) is 9.95. The molecule has 0 saturated carbocycles. The minimum atomic E-state index is -0.228. The van der Waals surface area contributed by atoms with Crippen LogP contribution >= 0.6 is 23.2 Å². The minimum Gasteiger partial charge on any atom is -0.293 e. The lowest BCUT2D eigenvalue weighted by molar-refractivity contribution is 0.959. The van der Waals surface area contributed by atoms with E-state index >= 15 is 0 Å². The number of fused-ring (bicyclic) bond motifs is 1. The minimum absolute atomic E-state index is 0.228. The number of rotatable bonds is 3. The van der Waals surface area contributed by atoms with E-state index in [2.05, 4.69) is 4.98 Å². The fourth-order valence-corrected chi connectivity index (χ4v) is 3.63. The summed E-state index contributed by atoms with van der Waals surface area (Å²) >= 11 is 12.1. The molecular formula is C23H14Cl2N4O. The molecule has 2 heterocycles. The maximum atomic E-state index is 13.7. The molecule has 7 heteroatoms. The molecule has 2 aromatic heterocycles. The van der Waals surface area contributed by atoms with Gasteiger partial charge < -0.3 is 0 Å². The van der Waals surface area contributed by atoms with Gasteiger partial charge in [-0.15, -0.1) is 0 Å². The third-order valence-electron chi connectivity index (χ3n) is 4.80. The highest BCUT2D eigenvalue weighted by atomic mass is 35.5. The second kappa shape index (κ2) is 7.44. The Kier molecular flexibility index (Phi) is 4.62. The zero-order valence-electron chi connectivity index (χ0n) is 15.5. The van der Waals surface area contributed by atoms with Crippen molar-refractivity contribution in [2.75, 3.05) is 0 Å². The van der Waals surface area contributed by atoms with Gasteiger partial charge in [-0.25, -0.2) is 9.97 Å². The normalized spacial score (nSPS) is 11.1. The largest absolute Gasteiger partial charge is 0.293 e. The Morgan fingerprint density at radius 1 is 0.733 bits per heavy atom. The van der Waals surface area contributed by atoms with Crippen LogP contribution in [-0.4, -0.2) is 19.1 Å². The first-order valence-electron chi connectivity index (χ1n) is 9.19. The molecule has 30 heavy (non-hydrogen) atoms. The van der Waals surface area contributed by atoms with Crippen LogP contribution in [0.25, 0.3) is 33.9 Å². The quantitative estimate of drug-likeness (QED) is 0.375. The maximum Gasteiger partial charge on any atom is 0.285 e. The molecule has 5 nitrogen and oxygen atoms in total. The van der Waals surface area contributed by atoms with Crippen molar-refractivity contribution in [3.8, 4) is 22.8 Å². The van der Waals surface area contributed by atoms with E-state index in [1.54, 1.807) is 51.9 Å². The van der Waals surface area contributed by atoms with Gasteiger partial charge >= 0.3 is 0 Å². The summed E-state index contributed by atoms with van der Waals surface area (Å²) in [5, 5.41) is 1.19. The number of para-hydroxylation sites is 1. The van der Waals surface area contributed by atoms with E-state index in [0.29, 0.717) is 32.7 Å². The second-order valence-electron chi connectivity index (χ2n) is 6.68. The Bertz CT molecular complexity index is 1410. The molecule has 0 aliphatic carbocycles. The van der Waals surface area contributed by atoms with Crippen LogP contribution in [0.2, 0.25) is 10.0 Å². The molecule has 0 radical (unpaired) electrons. The lowest BCUT2D eigenvalue weighted by atomic mass is 10.2. The first-order chi connectivity index (χ1) is 14.6. The van der Waals surface area contributed by atoms with Crippen molar-refractivity contribution in [1.82, 2.24) is 19.1 Å². The molecule has 0 saturated heterocycles. The van der Waals surface area contributed by atoms with Gasteiger partial charge in [-0.2, -0.15) is 0 Å². The SMILES string of the molecule is O=c1c2c(ncn2-c2ccccc2)nc(-c2ccc(Cl)cc2)n1-c1ccc(Cl)cc1. The van der Waals surface area contributed by atoms with Gasteiger partial charge in [0.25, 0.3) is 5.56 Å². The summed E-state index contributed by atoms with van der Waals surface area (Å²) in [6, 6.07) is 23.8.